The summed E-state index contributed by atoms with van der Waals surface area (Å²) in [5, 5.41) is 9.38. The van der Waals surface area contributed by atoms with Gasteiger partial charge in [0.25, 0.3) is 0 Å². The lowest BCUT2D eigenvalue weighted by Crippen LogP contribution is -2.39. The van der Waals surface area contributed by atoms with Crippen molar-refractivity contribution in [3.63, 3.8) is 0 Å². The Bertz CT molecular complexity index is 588. The van der Waals surface area contributed by atoms with Crippen LogP contribution >= 0.6 is 0 Å². The van der Waals surface area contributed by atoms with Gasteiger partial charge >= 0.3 is 0 Å². The van der Waals surface area contributed by atoms with Crippen LogP contribution in [0.25, 0.3) is 0 Å². The lowest BCUT2D eigenvalue weighted by Gasteiger charge is -2.15. The number of amides is 1. The van der Waals surface area contributed by atoms with Crippen molar-refractivity contribution in [3.8, 4) is 5.75 Å². The molecule has 1 fully saturated rings. The van der Waals surface area contributed by atoms with Crippen LogP contribution in [-0.4, -0.2) is 43.6 Å². The van der Waals surface area contributed by atoms with E-state index in [1.165, 1.54) is 12.1 Å². The van der Waals surface area contributed by atoms with Gasteiger partial charge in [0.2, 0.25) is 5.91 Å². The van der Waals surface area contributed by atoms with Gasteiger partial charge in [-0.15, -0.1) is 0 Å². The topological polar surface area (TPSA) is 74.8 Å². The molecule has 7 heteroatoms. The molecule has 0 bridgehead atoms. The minimum Gasteiger partial charge on any atom is -0.489 e. The first kappa shape index (κ1) is 20.0. The first-order valence-electron chi connectivity index (χ1n) is 9.30. The monoisotopic (exact) mass is 364 g/mol. The van der Waals surface area contributed by atoms with Crippen LogP contribution in [0.2, 0.25) is 0 Å². The number of nitrogens with zero attached hydrogens (tertiary/aromatic N) is 1. The fraction of sp³-hybridized carbons (Fsp3) is 0.579. The molecule has 1 aliphatic rings. The van der Waals surface area contributed by atoms with Crippen LogP contribution < -0.4 is 20.7 Å². The maximum atomic E-state index is 12.9. The van der Waals surface area contributed by atoms with Crippen LogP contribution in [0.15, 0.2) is 29.3 Å². The minimum absolute atomic E-state index is 0.123. The third-order valence-corrected chi connectivity index (χ3v) is 3.82. The smallest absolute Gasteiger partial charge is 0.220 e. The van der Waals surface area contributed by atoms with Gasteiger partial charge in [-0.3, -0.25) is 4.79 Å². The van der Waals surface area contributed by atoms with Crippen molar-refractivity contribution in [3.05, 3.63) is 30.1 Å². The Kier molecular flexibility index (Phi) is 8.18. The van der Waals surface area contributed by atoms with E-state index >= 15 is 0 Å². The van der Waals surface area contributed by atoms with Crippen LogP contribution in [0.3, 0.4) is 0 Å². The molecule has 26 heavy (non-hydrogen) atoms. The minimum atomic E-state index is -0.285. The second kappa shape index (κ2) is 10.6. The number of aliphatic imine (C=N–C) groups is 1. The molecule has 0 aliphatic heterocycles. The fourth-order valence-corrected chi connectivity index (χ4v) is 2.33. The molecule has 6 nitrogen and oxygen atoms in total. The van der Waals surface area contributed by atoms with Crippen LogP contribution in [-0.2, 0) is 4.79 Å². The van der Waals surface area contributed by atoms with Crippen LogP contribution in [0.1, 0.15) is 39.5 Å². The number of carbonyl (C=O) groups is 1. The number of nitrogens with one attached hydrogen (secondary N) is 3. The number of benzene rings is 1. The molecule has 0 saturated heterocycles. The van der Waals surface area contributed by atoms with Gasteiger partial charge in [0.05, 0.1) is 6.54 Å². The standard InChI is InChI=1S/C19H29FN4O2/c1-3-21-19(22-12-4-5-18(25)24-16-8-9-16)23-13-14(2)26-17-10-6-15(20)7-11-17/h6-7,10-11,14,16H,3-5,8-9,12-13H2,1-2H3,(H,24,25)(H2,21,22,23). The number of hydrogen-bond acceptors (Lipinski definition) is 3. The van der Waals surface area contributed by atoms with Crippen LogP contribution in [0, 0.1) is 5.82 Å². The van der Waals surface area contributed by atoms with E-state index in [4.69, 9.17) is 4.74 Å². The summed E-state index contributed by atoms with van der Waals surface area (Å²) >= 11 is 0. The normalized spacial score (nSPS) is 15.3. The van der Waals surface area contributed by atoms with Crippen molar-refractivity contribution in [2.24, 2.45) is 4.99 Å². The van der Waals surface area contributed by atoms with Crippen molar-refractivity contribution in [1.82, 2.24) is 16.0 Å². The third-order valence-electron chi connectivity index (χ3n) is 3.82. The van der Waals surface area contributed by atoms with Crippen molar-refractivity contribution < 1.29 is 13.9 Å². The highest BCUT2D eigenvalue weighted by Gasteiger charge is 2.22. The highest BCUT2D eigenvalue weighted by Crippen LogP contribution is 2.18. The lowest BCUT2D eigenvalue weighted by atomic mass is 10.3. The Labute approximate surface area is 154 Å². The molecule has 0 heterocycles. The summed E-state index contributed by atoms with van der Waals surface area (Å²) < 4.78 is 18.6. The van der Waals surface area contributed by atoms with E-state index in [1.807, 2.05) is 13.8 Å². The Morgan fingerprint density at radius 3 is 2.69 bits per heavy atom. The first-order chi connectivity index (χ1) is 12.6. The number of guanidine groups is 1. The quantitative estimate of drug-likeness (QED) is 0.338. The third kappa shape index (κ3) is 8.18. The predicted molar refractivity (Wildman–Crippen MR) is 101 cm³/mol. The van der Waals surface area contributed by atoms with Crippen LogP contribution in [0.5, 0.6) is 5.75 Å². The average Bonchev–Trinajstić information content (AvgIpc) is 3.42. The zero-order valence-electron chi connectivity index (χ0n) is 15.6. The zero-order chi connectivity index (χ0) is 18.8. The summed E-state index contributed by atoms with van der Waals surface area (Å²) in [4.78, 5) is 16.1. The summed E-state index contributed by atoms with van der Waals surface area (Å²) in [5.41, 5.74) is 0. The van der Waals surface area contributed by atoms with Gasteiger partial charge in [0, 0.05) is 25.6 Å². The van der Waals surface area contributed by atoms with Gasteiger partial charge in [-0.2, -0.15) is 0 Å². The van der Waals surface area contributed by atoms with Gasteiger partial charge in [-0.25, -0.2) is 9.38 Å². The number of ether oxygens (including phenoxy) is 1. The summed E-state index contributed by atoms with van der Waals surface area (Å²) in [7, 11) is 0. The van der Waals surface area contributed by atoms with Crippen LogP contribution in [0.4, 0.5) is 4.39 Å². The van der Waals surface area contributed by atoms with Gasteiger partial charge in [0.15, 0.2) is 5.96 Å². The average molecular weight is 364 g/mol. The van der Waals surface area contributed by atoms with E-state index in [1.54, 1.807) is 12.1 Å². The molecule has 144 valence electrons. The second-order valence-corrected chi connectivity index (χ2v) is 6.47. The summed E-state index contributed by atoms with van der Waals surface area (Å²) in [5.74, 6) is 1.16. The Balaban J connectivity index is 1.68. The van der Waals surface area contributed by atoms with E-state index in [-0.39, 0.29) is 17.8 Å². The molecule has 1 saturated carbocycles. The summed E-state index contributed by atoms with van der Waals surface area (Å²) in [6.45, 7) is 5.81. The van der Waals surface area contributed by atoms with E-state index in [2.05, 4.69) is 20.9 Å². The molecule has 0 radical (unpaired) electrons. The summed E-state index contributed by atoms with van der Waals surface area (Å²) in [6.07, 6.45) is 3.36. The highest BCUT2D eigenvalue weighted by atomic mass is 19.1. The first-order valence-corrected chi connectivity index (χ1v) is 9.30. The Morgan fingerprint density at radius 2 is 2.04 bits per heavy atom. The predicted octanol–water partition coefficient (Wildman–Crippen LogP) is 2.21. The molecule has 1 atom stereocenters. The molecule has 2 rings (SSSR count). The van der Waals surface area contributed by atoms with E-state index < -0.39 is 0 Å². The molecular formula is C19H29FN4O2. The summed E-state index contributed by atoms with van der Waals surface area (Å²) in [6, 6.07) is 6.36. The Morgan fingerprint density at radius 1 is 1.31 bits per heavy atom. The molecule has 0 aromatic heterocycles. The molecular weight excluding hydrogens is 335 g/mol. The zero-order valence-corrected chi connectivity index (χ0v) is 15.6. The number of carbonyl (C=O) groups excluding carboxylic acids is 1. The molecule has 1 aliphatic carbocycles. The maximum absolute atomic E-state index is 12.9. The molecule has 1 aromatic rings. The van der Waals surface area contributed by atoms with Gasteiger partial charge in [0.1, 0.15) is 17.7 Å². The van der Waals surface area contributed by atoms with Crippen molar-refractivity contribution in [2.75, 3.05) is 19.6 Å². The van der Waals surface area contributed by atoms with E-state index in [0.29, 0.717) is 37.3 Å². The SMILES string of the molecule is CCNC(=NCC(C)Oc1ccc(F)cc1)NCCCC(=O)NC1CC1. The molecule has 3 N–H and O–H groups in total. The number of rotatable bonds is 10. The van der Waals surface area contributed by atoms with E-state index in [9.17, 15) is 9.18 Å². The van der Waals surface area contributed by atoms with E-state index in [0.717, 1.165) is 25.8 Å². The van der Waals surface area contributed by atoms with Crippen molar-refractivity contribution in [1.29, 1.82) is 0 Å². The van der Waals surface area contributed by atoms with Gasteiger partial charge < -0.3 is 20.7 Å². The lowest BCUT2D eigenvalue weighted by molar-refractivity contribution is -0.121. The number of hydrogen-bond donors (Lipinski definition) is 3. The van der Waals surface area contributed by atoms with Gasteiger partial charge in [-0.1, -0.05) is 0 Å². The molecule has 1 aromatic carbocycles. The van der Waals surface area contributed by atoms with Crippen molar-refractivity contribution in [2.45, 2.75) is 51.7 Å². The molecule has 1 amide bonds. The Hall–Kier alpha value is -2.31. The fourth-order valence-electron chi connectivity index (χ4n) is 2.33. The largest absolute Gasteiger partial charge is 0.489 e. The highest BCUT2D eigenvalue weighted by molar-refractivity contribution is 5.80. The second-order valence-electron chi connectivity index (χ2n) is 6.47. The van der Waals surface area contributed by atoms with Gasteiger partial charge in [-0.05, 0) is 57.4 Å². The molecule has 0 spiro atoms. The maximum Gasteiger partial charge on any atom is 0.220 e. The number of halogens is 1. The van der Waals surface area contributed by atoms with Crippen molar-refractivity contribution >= 4 is 11.9 Å². The molecule has 1 unspecified atom stereocenters.